The summed E-state index contributed by atoms with van der Waals surface area (Å²) in [6.07, 6.45) is 5.47. The number of benzene rings is 1. The van der Waals surface area contributed by atoms with E-state index in [1.165, 1.54) is 0 Å². The van der Waals surface area contributed by atoms with Crippen molar-refractivity contribution in [1.82, 2.24) is 19.4 Å². The molecule has 3 aromatic rings. The summed E-state index contributed by atoms with van der Waals surface area (Å²) >= 11 is 0. The highest BCUT2D eigenvalue weighted by Crippen LogP contribution is 2.21. The predicted molar refractivity (Wildman–Crippen MR) is 118 cm³/mol. The Labute approximate surface area is 181 Å². The Balaban J connectivity index is 1.69. The van der Waals surface area contributed by atoms with Crippen LogP contribution in [0.5, 0.6) is 0 Å². The number of rotatable bonds is 6. The third-order valence-electron chi connectivity index (χ3n) is 5.87. The minimum absolute atomic E-state index is 0.0136. The van der Waals surface area contributed by atoms with Gasteiger partial charge in [-0.15, -0.1) is 0 Å². The van der Waals surface area contributed by atoms with E-state index < -0.39 is 11.9 Å². The number of imidazole rings is 1. The van der Waals surface area contributed by atoms with Crippen LogP contribution < -0.4 is 10.9 Å². The molecular weight excluding hydrogens is 392 g/mol. The number of pyridine rings is 1. The highest BCUT2D eigenvalue weighted by Gasteiger charge is 2.26. The van der Waals surface area contributed by atoms with Gasteiger partial charge in [0.15, 0.2) is 0 Å². The van der Waals surface area contributed by atoms with E-state index in [4.69, 9.17) is 4.74 Å². The molecule has 7 heteroatoms. The lowest BCUT2D eigenvalue weighted by Crippen LogP contribution is -2.39. The third-order valence-corrected chi connectivity index (χ3v) is 5.87. The minimum Gasteiger partial charge on any atom is -0.376 e. The summed E-state index contributed by atoms with van der Waals surface area (Å²) in [6, 6.07) is 11.1. The minimum atomic E-state index is -0.472. The number of aryl methyl sites for hydroxylation is 3. The van der Waals surface area contributed by atoms with Crippen LogP contribution in [0.1, 0.15) is 51.9 Å². The molecule has 1 aromatic carbocycles. The maximum absolute atomic E-state index is 13.4. The largest absolute Gasteiger partial charge is 0.376 e. The number of ether oxygens (including phenoxy) is 1. The van der Waals surface area contributed by atoms with Crippen molar-refractivity contribution in [2.45, 2.75) is 45.4 Å². The van der Waals surface area contributed by atoms with Crippen molar-refractivity contribution < 1.29 is 9.53 Å². The van der Waals surface area contributed by atoms with Crippen LogP contribution in [0.25, 0.3) is 0 Å². The number of hydrogen-bond acceptors (Lipinski definition) is 4. The van der Waals surface area contributed by atoms with Gasteiger partial charge in [0, 0.05) is 31.7 Å². The Bertz CT molecular complexity index is 1130. The van der Waals surface area contributed by atoms with Crippen LogP contribution in [-0.4, -0.2) is 32.7 Å². The molecule has 0 bridgehead atoms. The second-order valence-electron chi connectivity index (χ2n) is 8.11. The molecule has 1 amide bonds. The standard InChI is InChI=1S/C24H28N4O3/c1-16-14-17(2)28(15-19-10-7-13-31-19)24(30)20(16)23(29)26-21(18-8-5-4-6-9-18)22-25-11-12-27(22)3/h4-6,8-9,11-12,14,19,21H,7,10,13,15H2,1-3H3,(H,26,29)/t19-,21-/m1/s1. The second kappa shape index (κ2) is 8.89. The monoisotopic (exact) mass is 420 g/mol. The summed E-state index contributed by atoms with van der Waals surface area (Å²) < 4.78 is 9.24. The van der Waals surface area contributed by atoms with Crippen molar-refractivity contribution in [3.63, 3.8) is 0 Å². The van der Waals surface area contributed by atoms with Crippen molar-refractivity contribution in [1.29, 1.82) is 0 Å². The first-order chi connectivity index (χ1) is 15.0. The van der Waals surface area contributed by atoms with Gasteiger partial charge in [-0.2, -0.15) is 0 Å². The second-order valence-corrected chi connectivity index (χ2v) is 8.11. The smallest absolute Gasteiger partial charge is 0.263 e. The van der Waals surface area contributed by atoms with E-state index in [0.29, 0.717) is 17.9 Å². The van der Waals surface area contributed by atoms with Crippen molar-refractivity contribution in [3.05, 3.63) is 87.4 Å². The van der Waals surface area contributed by atoms with Gasteiger partial charge in [0.2, 0.25) is 0 Å². The van der Waals surface area contributed by atoms with E-state index in [-0.39, 0.29) is 17.2 Å². The summed E-state index contributed by atoms with van der Waals surface area (Å²) in [5.74, 6) is 0.296. The highest BCUT2D eigenvalue weighted by molar-refractivity contribution is 5.95. The van der Waals surface area contributed by atoms with Crippen LogP contribution in [0.2, 0.25) is 0 Å². The zero-order valence-corrected chi connectivity index (χ0v) is 18.2. The molecule has 1 aliphatic rings. The Morgan fingerprint density at radius 2 is 2.06 bits per heavy atom. The Morgan fingerprint density at radius 1 is 1.29 bits per heavy atom. The van der Waals surface area contributed by atoms with Crippen LogP contribution >= 0.6 is 0 Å². The summed E-state index contributed by atoms with van der Waals surface area (Å²) in [5, 5.41) is 3.05. The molecule has 0 spiro atoms. The van der Waals surface area contributed by atoms with Crippen molar-refractivity contribution in [2.75, 3.05) is 6.61 Å². The van der Waals surface area contributed by atoms with Gasteiger partial charge in [-0.25, -0.2) is 4.98 Å². The molecule has 0 unspecified atom stereocenters. The van der Waals surface area contributed by atoms with Crippen molar-refractivity contribution in [2.24, 2.45) is 7.05 Å². The molecule has 7 nitrogen and oxygen atoms in total. The highest BCUT2D eigenvalue weighted by atomic mass is 16.5. The summed E-state index contributed by atoms with van der Waals surface area (Å²) in [5.41, 5.74) is 2.28. The lowest BCUT2D eigenvalue weighted by molar-refractivity contribution is 0.0919. The molecule has 31 heavy (non-hydrogen) atoms. The zero-order valence-electron chi connectivity index (χ0n) is 18.2. The molecule has 0 aliphatic carbocycles. The van der Waals surface area contributed by atoms with Gasteiger partial charge >= 0.3 is 0 Å². The first kappa shape index (κ1) is 21.1. The zero-order chi connectivity index (χ0) is 22.0. The fourth-order valence-electron chi connectivity index (χ4n) is 4.22. The van der Waals surface area contributed by atoms with E-state index >= 15 is 0 Å². The van der Waals surface area contributed by atoms with Crippen LogP contribution in [0.4, 0.5) is 0 Å². The quantitative estimate of drug-likeness (QED) is 0.665. The topological polar surface area (TPSA) is 78.2 Å². The number of hydrogen-bond donors (Lipinski definition) is 1. The molecule has 4 rings (SSSR count). The number of nitrogens with one attached hydrogen (secondary N) is 1. The molecule has 1 N–H and O–H groups in total. The van der Waals surface area contributed by atoms with Gasteiger partial charge in [0.1, 0.15) is 17.4 Å². The van der Waals surface area contributed by atoms with E-state index in [9.17, 15) is 9.59 Å². The number of amides is 1. The summed E-state index contributed by atoms with van der Waals surface area (Å²) in [6.45, 7) is 4.89. The lowest BCUT2D eigenvalue weighted by Gasteiger charge is -2.21. The average Bonchev–Trinajstić information content (AvgIpc) is 3.41. The van der Waals surface area contributed by atoms with Gasteiger partial charge in [-0.1, -0.05) is 30.3 Å². The lowest BCUT2D eigenvalue weighted by atomic mass is 10.0. The molecule has 162 valence electrons. The van der Waals surface area contributed by atoms with Crippen LogP contribution in [-0.2, 0) is 18.3 Å². The fraction of sp³-hybridized carbons (Fsp3) is 0.375. The van der Waals surface area contributed by atoms with E-state index in [1.807, 2.05) is 61.1 Å². The maximum atomic E-state index is 13.4. The van der Waals surface area contributed by atoms with Gasteiger partial charge in [0.05, 0.1) is 12.6 Å². The molecule has 1 fully saturated rings. The molecule has 0 saturated carbocycles. The maximum Gasteiger partial charge on any atom is 0.263 e. The van der Waals surface area contributed by atoms with E-state index in [0.717, 1.165) is 30.7 Å². The number of carbonyl (C=O) groups excluding carboxylic acids is 1. The molecular formula is C24H28N4O3. The first-order valence-electron chi connectivity index (χ1n) is 10.6. The van der Waals surface area contributed by atoms with Crippen LogP contribution in [0, 0.1) is 13.8 Å². The van der Waals surface area contributed by atoms with E-state index in [2.05, 4.69) is 10.3 Å². The van der Waals surface area contributed by atoms with Gasteiger partial charge < -0.3 is 19.2 Å². The molecule has 3 heterocycles. The van der Waals surface area contributed by atoms with Crippen LogP contribution in [0.15, 0.2) is 53.6 Å². The van der Waals surface area contributed by atoms with Gasteiger partial charge in [-0.3, -0.25) is 9.59 Å². The summed E-state index contributed by atoms with van der Waals surface area (Å²) in [4.78, 5) is 31.2. The first-order valence-corrected chi connectivity index (χ1v) is 10.6. The number of aromatic nitrogens is 3. The molecule has 1 aliphatic heterocycles. The molecule has 2 aromatic heterocycles. The Hall–Kier alpha value is -3.19. The third kappa shape index (κ3) is 4.32. The summed E-state index contributed by atoms with van der Waals surface area (Å²) in [7, 11) is 1.89. The number of nitrogens with zero attached hydrogens (tertiary/aromatic N) is 3. The normalized spacial score (nSPS) is 16.9. The van der Waals surface area contributed by atoms with Crippen molar-refractivity contribution >= 4 is 5.91 Å². The van der Waals surface area contributed by atoms with Crippen LogP contribution in [0.3, 0.4) is 0 Å². The van der Waals surface area contributed by atoms with Gasteiger partial charge in [-0.05, 0) is 43.9 Å². The van der Waals surface area contributed by atoms with Crippen molar-refractivity contribution in [3.8, 4) is 0 Å². The Kier molecular flexibility index (Phi) is 6.04. The molecule has 1 saturated heterocycles. The average molecular weight is 421 g/mol. The van der Waals surface area contributed by atoms with E-state index in [1.54, 1.807) is 17.7 Å². The number of carbonyl (C=O) groups is 1. The Morgan fingerprint density at radius 3 is 2.71 bits per heavy atom. The van der Waals surface area contributed by atoms with Gasteiger partial charge in [0.25, 0.3) is 11.5 Å². The fourth-order valence-corrected chi connectivity index (χ4v) is 4.22. The molecule has 2 atom stereocenters. The SMILES string of the molecule is Cc1cc(C)n(C[C@H]2CCCO2)c(=O)c1C(=O)N[C@H](c1ccccc1)c1nccn1C. The molecule has 0 radical (unpaired) electrons. The predicted octanol–water partition coefficient (Wildman–Crippen LogP) is 2.90.